The van der Waals surface area contributed by atoms with Gasteiger partial charge in [-0.1, -0.05) is 11.3 Å². The molecule has 1 N–H and O–H groups in total. The fraction of sp³-hybridized carbons (Fsp3) is 0.500. The van der Waals surface area contributed by atoms with Gasteiger partial charge < -0.3 is 24.4 Å². The van der Waals surface area contributed by atoms with E-state index in [1.54, 1.807) is 32.7 Å². The van der Waals surface area contributed by atoms with Crippen LogP contribution in [0.2, 0.25) is 0 Å². The normalized spacial score (nSPS) is 16.6. The number of thiazole rings is 1. The number of nitrogens with zero attached hydrogens (tertiary/aromatic N) is 4. The van der Waals surface area contributed by atoms with Crippen molar-refractivity contribution in [2.45, 2.75) is 32.9 Å². The first kappa shape index (κ1) is 23.4. The zero-order chi connectivity index (χ0) is 23.4. The summed E-state index contributed by atoms with van der Waals surface area (Å²) in [4.78, 5) is 8.23. The maximum absolute atomic E-state index is 5.59. The van der Waals surface area contributed by atoms with Crippen molar-refractivity contribution >= 4 is 16.5 Å². The minimum Gasteiger partial charge on any atom is -0.493 e. The van der Waals surface area contributed by atoms with Crippen LogP contribution in [0.4, 0.5) is 5.13 Å². The van der Waals surface area contributed by atoms with E-state index < -0.39 is 0 Å². The van der Waals surface area contributed by atoms with E-state index in [1.165, 1.54) is 19.4 Å². The van der Waals surface area contributed by atoms with Crippen LogP contribution in [0.3, 0.4) is 0 Å². The number of rotatable bonds is 9. The van der Waals surface area contributed by atoms with E-state index in [-0.39, 0.29) is 0 Å². The first-order valence-corrected chi connectivity index (χ1v) is 12.1. The maximum Gasteiger partial charge on any atom is 0.203 e. The number of aryl methyl sites for hydroxylation is 1. The second kappa shape index (κ2) is 10.4. The number of ether oxygens (including phenoxy) is 3. The Labute approximate surface area is 199 Å². The van der Waals surface area contributed by atoms with Gasteiger partial charge in [-0.3, -0.25) is 4.68 Å². The van der Waals surface area contributed by atoms with Crippen LogP contribution >= 0.6 is 11.3 Å². The van der Waals surface area contributed by atoms with E-state index >= 15 is 0 Å². The van der Waals surface area contributed by atoms with E-state index in [1.807, 2.05) is 19.1 Å². The second-order valence-electron chi connectivity index (χ2n) is 8.47. The predicted molar refractivity (Wildman–Crippen MR) is 132 cm³/mol. The van der Waals surface area contributed by atoms with Crippen LogP contribution < -0.4 is 19.5 Å². The monoisotopic (exact) mass is 471 g/mol. The lowest BCUT2D eigenvalue weighted by molar-refractivity contribution is 0.191. The van der Waals surface area contributed by atoms with Crippen molar-refractivity contribution in [3.63, 3.8) is 0 Å². The molecule has 9 heteroatoms. The van der Waals surface area contributed by atoms with Gasteiger partial charge in [0, 0.05) is 31.4 Å². The van der Waals surface area contributed by atoms with Gasteiger partial charge in [0.15, 0.2) is 16.6 Å². The third-order valence-corrected chi connectivity index (χ3v) is 7.19. The minimum absolute atomic E-state index is 0.555. The van der Waals surface area contributed by atoms with Gasteiger partial charge in [-0.05, 0) is 57.5 Å². The Hall–Kier alpha value is -2.78. The SMILES string of the molecule is COc1ccc(CNc2nc(C)c(-c3ccn(C[C@H]4CCCN(C)C4)n3)s2)c(OC)c1OC. The van der Waals surface area contributed by atoms with Gasteiger partial charge in [-0.25, -0.2) is 4.98 Å². The van der Waals surface area contributed by atoms with Crippen LogP contribution in [0.25, 0.3) is 10.6 Å². The zero-order valence-electron chi connectivity index (χ0n) is 20.1. The molecule has 0 unspecified atom stereocenters. The highest BCUT2D eigenvalue weighted by Gasteiger charge is 2.20. The standard InChI is InChI=1S/C24H33N5O3S/c1-16-23(19-10-12-29(27-19)15-17-7-6-11-28(2)14-17)33-24(26-16)25-13-18-8-9-20(30-3)22(32-5)21(18)31-4/h8-10,12,17H,6-7,11,13-15H2,1-5H3,(H,25,26)/t17-/m0/s1. The molecule has 0 spiro atoms. The maximum atomic E-state index is 5.59. The van der Waals surface area contributed by atoms with Crippen LogP contribution in [0.1, 0.15) is 24.1 Å². The summed E-state index contributed by atoms with van der Waals surface area (Å²) < 4.78 is 18.5. The van der Waals surface area contributed by atoms with Crippen molar-refractivity contribution in [1.82, 2.24) is 19.7 Å². The van der Waals surface area contributed by atoms with E-state index in [9.17, 15) is 0 Å². The summed E-state index contributed by atoms with van der Waals surface area (Å²) >= 11 is 1.62. The summed E-state index contributed by atoms with van der Waals surface area (Å²) in [5, 5.41) is 9.13. The number of methoxy groups -OCH3 is 3. The fourth-order valence-electron chi connectivity index (χ4n) is 4.45. The highest BCUT2D eigenvalue weighted by Crippen LogP contribution is 2.40. The Bertz CT molecular complexity index is 1080. The first-order valence-electron chi connectivity index (χ1n) is 11.2. The van der Waals surface area contributed by atoms with Crippen LogP contribution in [-0.4, -0.2) is 61.1 Å². The largest absolute Gasteiger partial charge is 0.493 e. The molecule has 1 atom stereocenters. The predicted octanol–water partition coefficient (Wildman–Crippen LogP) is 4.29. The molecule has 4 rings (SSSR count). The van der Waals surface area contributed by atoms with Crippen molar-refractivity contribution in [2.24, 2.45) is 5.92 Å². The van der Waals surface area contributed by atoms with Crippen LogP contribution in [0, 0.1) is 12.8 Å². The van der Waals surface area contributed by atoms with Gasteiger partial charge in [0.1, 0.15) is 5.69 Å². The Morgan fingerprint density at radius 3 is 2.67 bits per heavy atom. The molecule has 1 aromatic carbocycles. The molecule has 0 aliphatic carbocycles. The molecule has 33 heavy (non-hydrogen) atoms. The summed E-state index contributed by atoms with van der Waals surface area (Å²) in [6, 6.07) is 5.95. The molecular weight excluding hydrogens is 438 g/mol. The van der Waals surface area contributed by atoms with Crippen molar-refractivity contribution in [1.29, 1.82) is 0 Å². The number of nitrogens with one attached hydrogen (secondary N) is 1. The lowest BCUT2D eigenvalue weighted by Crippen LogP contribution is -2.34. The fourth-order valence-corrected chi connectivity index (χ4v) is 5.38. The lowest BCUT2D eigenvalue weighted by atomic mass is 9.99. The third kappa shape index (κ3) is 5.25. The van der Waals surface area contributed by atoms with Crippen LogP contribution in [0.5, 0.6) is 17.2 Å². The molecule has 178 valence electrons. The van der Waals surface area contributed by atoms with Crippen LogP contribution in [0.15, 0.2) is 24.4 Å². The molecule has 8 nitrogen and oxygen atoms in total. The van der Waals surface area contributed by atoms with Crippen molar-refractivity contribution in [3.8, 4) is 27.8 Å². The Kier molecular flexibility index (Phi) is 7.39. The molecule has 1 saturated heterocycles. The summed E-state index contributed by atoms with van der Waals surface area (Å²) in [6.07, 6.45) is 4.63. The highest BCUT2D eigenvalue weighted by molar-refractivity contribution is 7.19. The molecule has 0 amide bonds. The van der Waals surface area contributed by atoms with Crippen molar-refractivity contribution < 1.29 is 14.2 Å². The highest BCUT2D eigenvalue weighted by atomic mass is 32.1. The average Bonchev–Trinajstić information content (AvgIpc) is 3.42. The van der Waals surface area contributed by atoms with Gasteiger partial charge >= 0.3 is 0 Å². The Balaban J connectivity index is 1.45. The molecule has 1 aliphatic heterocycles. The molecule has 1 aliphatic rings. The van der Waals surface area contributed by atoms with Gasteiger partial charge in [0.05, 0.1) is 31.9 Å². The van der Waals surface area contributed by atoms with Crippen molar-refractivity contribution in [2.75, 3.05) is 46.8 Å². The second-order valence-corrected chi connectivity index (χ2v) is 9.47. The number of hydrogen-bond acceptors (Lipinski definition) is 8. The molecule has 1 fully saturated rings. The summed E-state index contributed by atoms with van der Waals surface area (Å²) in [5.74, 6) is 2.55. The van der Waals surface area contributed by atoms with Crippen molar-refractivity contribution in [3.05, 3.63) is 35.7 Å². The Morgan fingerprint density at radius 1 is 1.12 bits per heavy atom. The summed E-state index contributed by atoms with van der Waals surface area (Å²) in [6.45, 7) is 5.89. The Morgan fingerprint density at radius 2 is 1.94 bits per heavy atom. The molecule has 3 heterocycles. The van der Waals surface area contributed by atoms with Gasteiger partial charge in [0.25, 0.3) is 0 Å². The number of likely N-dealkylation sites (tertiary alicyclic amines) is 1. The van der Waals surface area contributed by atoms with Crippen LogP contribution in [-0.2, 0) is 13.1 Å². The van der Waals surface area contributed by atoms with E-state index in [0.717, 1.165) is 40.0 Å². The zero-order valence-corrected chi connectivity index (χ0v) is 20.9. The molecule has 2 aromatic heterocycles. The van der Waals surface area contributed by atoms with E-state index in [0.29, 0.717) is 29.7 Å². The van der Waals surface area contributed by atoms with Gasteiger partial charge in [-0.15, -0.1) is 0 Å². The molecule has 0 radical (unpaired) electrons. The van der Waals surface area contributed by atoms with E-state index in [4.69, 9.17) is 24.3 Å². The first-order chi connectivity index (χ1) is 16.0. The number of benzene rings is 1. The number of anilines is 1. The quantitative estimate of drug-likeness (QED) is 0.499. The molecule has 3 aromatic rings. The molecule has 0 saturated carbocycles. The van der Waals surface area contributed by atoms with Gasteiger partial charge in [-0.2, -0.15) is 5.10 Å². The smallest absolute Gasteiger partial charge is 0.203 e. The summed E-state index contributed by atoms with van der Waals surface area (Å²) in [5.41, 5.74) is 2.92. The summed E-state index contributed by atoms with van der Waals surface area (Å²) in [7, 11) is 7.06. The van der Waals surface area contributed by atoms with E-state index in [2.05, 4.69) is 34.2 Å². The third-order valence-electron chi connectivity index (χ3n) is 6.05. The minimum atomic E-state index is 0.555. The number of piperidine rings is 1. The molecular formula is C24H33N5O3S. The average molecular weight is 472 g/mol. The number of aromatic nitrogens is 3. The topological polar surface area (TPSA) is 73.7 Å². The van der Waals surface area contributed by atoms with Gasteiger partial charge in [0.2, 0.25) is 5.75 Å². The molecule has 0 bridgehead atoms. The number of hydrogen-bond donors (Lipinski definition) is 1. The lowest BCUT2D eigenvalue weighted by Gasteiger charge is -2.29.